The van der Waals surface area contributed by atoms with E-state index in [1.807, 2.05) is 18.2 Å². The molecule has 0 bridgehead atoms. The van der Waals surface area contributed by atoms with Gasteiger partial charge in [0.15, 0.2) is 0 Å². The zero-order valence-electron chi connectivity index (χ0n) is 12.5. The molecule has 20 heavy (non-hydrogen) atoms. The Kier molecular flexibility index (Phi) is 6.15. The lowest BCUT2D eigenvalue weighted by atomic mass is 10.2. The third-order valence-corrected chi connectivity index (χ3v) is 3.74. The van der Waals surface area contributed by atoms with Crippen molar-refractivity contribution in [2.24, 2.45) is 0 Å². The number of ether oxygens (including phenoxy) is 3. The molecule has 0 atom stereocenters. The molecular weight excluding hydrogens is 254 g/mol. The lowest BCUT2D eigenvalue weighted by Gasteiger charge is -2.13. The Morgan fingerprint density at radius 3 is 2.65 bits per heavy atom. The van der Waals surface area contributed by atoms with Gasteiger partial charge < -0.3 is 19.5 Å². The maximum Gasteiger partial charge on any atom is 0.123 e. The smallest absolute Gasteiger partial charge is 0.123 e. The summed E-state index contributed by atoms with van der Waals surface area (Å²) in [5, 5.41) is 3.39. The van der Waals surface area contributed by atoms with Crippen molar-refractivity contribution in [3.05, 3.63) is 23.8 Å². The molecule has 1 aliphatic carbocycles. The Morgan fingerprint density at radius 2 is 1.95 bits per heavy atom. The first kappa shape index (κ1) is 15.1. The van der Waals surface area contributed by atoms with Crippen LogP contribution in [0.15, 0.2) is 18.2 Å². The molecule has 4 heteroatoms. The molecule has 0 saturated heterocycles. The molecule has 1 N–H and O–H groups in total. The van der Waals surface area contributed by atoms with Crippen LogP contribution in [0.1, 0.15) is 31.2 Å². The highest BCUT2D eigenvalue weighted by molar-refractivity contribution is 5.40. The molecule has 1 saturated carbocycles. The minimum Gasteiger partial charge on any atom is -0.497 e. The Labute approximate surface area is 121 Å². The van der Waals surface area contributed by atoms with Crippen LogP contribution in [0.25, 0.3) is 0 Å². The van der Waals surface area contributed by atoms with Gasteiger partial charge >= 0.3 is 0 Å². The quantitative estimate of drug-likeness (QED) is 0.743. The van der Waals surface area contributed by atoms with Gasteiger partial charge in [-0.2, -0.15) is 0 Å². The molecule has 0 amide bonds. The van der Waals surface area contributed by atoms with Crippen LogP contribution >= 0.6 is 0 Å². The maximum absolute atomic E-state index is 5.82. The number of methoxy groups -OCH3 is 2. The standard InChI is InChI=1S/C16H25NO3/c1-18-15-7-8-16(19-2)13(11-15)12-17-9-10-20-14-5-3-4-6-14/h7-8,11,14,17H,3-6,9-10,12H2,1-2H3. The van der Waals surface area contributed by atoms with Gasteiger partial charge in [0, 0.05) is 18.7 Å². The molecule has 0 aromatic heterocycles. The normalized spacial score (nSPS) is 15.5. The SMILES string of the molecule is COc1ccc(OC)c(CNCCOC2CCCC2)c1. The van der Waals surface area contributed by atoms with E-state index in [9.17, 15) is 0 Å². The number of nitrogens with one attached hydrogen (secondary N) is 1. The minimum absolute atomic E-state index is 0.489. The molecule has 4 nitrogen and oxygen atoms in total. The van der Waals surface area contributed by atoms with Crippen LogP contribution in [-0.2, 0) is 11.3 Å². The fourth-order valence-corrected chi connectivity index (χ4v) is 2.60. The third kappa shape index (κ3) is 4.39. The fourth-order valence-electron chi connectivity index (χ4n) is 2.60. The molecular formula is C16H25NO3. The van der Waals surface area contributed by atoms with Crippen molar-refractivity contribution >= 4 is 0 Å². The van der Waals surface area contributed by atoms with Crippen LogP contribution in [0.5, 0.6) is 11.5 Å². The summed E-state index contributed by atoms with van der Waals surface area (Å²) in [7, 11) is 3.36. The van der Waals surface area contributed by atoms with Crippen molar-refractivity contribution in [2.75, 3.05) is 27.4 Å². The Balaban J connectivity index is 1.72. The van der Waals surface area contributed by atoms with Crippen LogP contribution in [-0.4, -0.2) is 33.5 Å². The summed E-state index contributed by atoms with van der Waals surface area (Å²) in [6, 6.07) is 5.85. The molecule has 0 spiro atoms. The van der Waals surface area contributed by atoms with E-state index < -0.39 is 0 Å². The molecule has 2 rings (SSSR count). The molecule has 0 unspecified atom stereocenters. The van der Waals surface area contributed by atoms with Crippen molar-refractivity contribution in [2.45, 2.75) is 38.3 Å². The topological polar surface area (TPSA) is 39.7 Å². The summed E-state index contributed by atoms with van der Waals surface area (Å²) in [5.41, 5.74) is 1.10. The van der Waals surface area contributed by atoms with Crippen molar-refractivity contribution in [3.63, 3.8) is 0 Å². The summed E-state index contributed by atoms with van der Waals surface area (Å²) >= 11 is 0. The predicted octanol–water partition coefficient (Wildman–Crippen LogP) is 2.75. The summed E-state index contributed by atoms with van der Waals surface area (Å²) < 4.78 is 16.4. The van der Waals surface area contributed by atoms with Crippen LogP contribution in [0.2, 0.25) is 0 Å². The van der Waals surface area contributed by atoms with E-state index in [1.54, 1.807) is 14.2 Å². The third-order valence-electron chi connectivity index (χ3n) is 3.74. The summed E-state index contributed by atoms with van der Waals surface area (Å²) in [6.45, 7) is 2.39. The molecule has 1 fully saturated rings. The second kappa shape index (κ2) is 8.12. The van der Waals surface area contributed by atoms with Crippen molar-refractivity contribution < 1.29 is 14.2 Å². The van der Waals surface area contributed by atoms with E-state index in [2.05, 4.69) is 5.32 Å². The average Bonchev–Trinajstić information content (AvgIpc) is 3.00. The van der Waals surface area contributed by atoms with Crippen LogP contribution in [0.3, 0.4) is 0 Å². The minimum atomic E-state index is 0.489. The van der Waals surface area contributed by atoms with E-state index in [4.69, 9.17) is 14.2 Å². The van der Waals surface area contributed by atoms with Gasteiger partial charge in [0.05, 0.1) is 26.9 Å². The summed E-state index contributed by atoms with van der Waals surface area (Å²) in [4.78, 5) is 0. The van der Waals surface area contributed by atoms with Crippen LogP contribution < -0.4 is 14.8 Å². The first-order valence-corrected chi connectivity index (χ1v) is 7.36. The number of benzene rings is 1. The van der Waals surface area contributed by atoms with E-state index in [-0.39, 0.29) is 0 Å². The maximum atomic E-state index is 5.82. The van der Waals surface area contributed by atoms with E-state index >= 15 is 0 Å². The number of hydrogen-bond acceptors (Lipinski definition) is 4. The molecule has 1 aromatic rings. The Hall–Kier alpha value is -1.26. The lowest BCUT2D eigenvalue weighted by Crippen LogP contribution is -2.22. The van der Waals surface area contributed by atoms with Crippen LogP contribution in [0.4, 0.5) is 0 Å². The number of hydrogen-bond donors (Lipinski definition) is 1. The predicted molar refractivity (Wildman–Crippen MR) is 79.5 cm³/mol. The molecule has 0 radical (unpaired) electrons. The van der Waals surface area contributed by atoms with Crippen LogP contribution in [0, 0.1) is 0 Å². The molecule has 112 valence electrons. The van der Waals surface area contributed by atoms with Gasteiger partial charge in [-0.25, -0.2) is 0 Å². The monoisotopic (exact) mass is 279 g/mol. The van der Waals surface area contributed by atoms with Gasteiger partial charge in [0.2, 0.25) is 0 Å². The van der Waals surface area contributed by atoms with Gasteiger partial charge in [-0.15, -0.1) is 0 Å². The van der Waals surface area contributed by atoms with Crippen molar-refractivity contribution in [3.8, 4) is 11.5 Å². The van der Waals surface area contributed by atoms with Crippen molar-refractivity contribution in [1.82, 2.24) is 5.32 Å². The fraction of sp³-hybridized carbons (Fsp3) is 0.625. The van der Waals surface area contributed by atoms with E-state index in [0.717, 1.165) is 36.8 Å². The van der Waals surface area contributed by atoms with Gasteiger partial charge in [-0.1, -0.05) is 12.8 Å². The highest BCUT2D eigenvalue weighted by atomic mass is 16.5. The van der Waals surface area contributed by atoms with Gasteiger partial charge in [0.25, 0.3) is 0 Å². The molecule has 0 heterocycles. The lowest BCUT2D eigenvalue weighted by molar-refractivity contribution is 0.0602. The van der Waals surface area contributed by atoms with E-state index in [1.165, 1.54) is 25.7 Å². The second-order valence-corrected chi connectivity index (χ2v) is 5.13. The molecule has 1 aliphatic rings. The number of rotatable bonds is 8. The second-order valence-electron chi connectivity index (χ2n) is 5.13. The molecule has 1 aromatic carbocycles. The zero-order chi connectivity index (χ0) is 14.2. The molecule has 0 aliphatic heterocycles. The first-order valence-electron chi connectivity index (χ1n) is 7.36. The summed E-state index contributed by atoms with van der Waals surface area (Å²) in [6.07, 6.45) is 5.58. The van der Waals surface area contributed by atoms with E-state index in [0.29, 0.717) is 6.10 Å². The first-order chi connectivity index (χ1) is 9.83. The van der Waals surface area contributed by atoms with Gasteiger partial charge in [-0.3, -0.25) is 0 Å². The highest BCUT2D eigenvalue weighted by Crippen LogP contribution is 2.23. The summed E-state index contributed by atoms with van der Waals surface area (Å²) in [5.74, 6) is 1.74. The van der Waals surface area contributed by atoms with Gasteiger partial charge in [0.1, 0.15) is 11.5 Å². The van der Waals surface area contributed by atoms with Crippen molar-refractivity contribution in [1.29, 1.82) is 0 Å². The van der Waals surface area contributed by atoms with Gasteiger partial charge in [-0.05, 0) is 31.0 Å². The zero-order valence-corrected chi connectivity index (χ0v) is 12.5. The largest absolute Gasteiger partial charge is 0.497 e. The Bertz CT molecular complexity index is 403. The highest BCUT2D eigenvalue weighted by Gasteiger charge is 2.14. The average molecular weight is 279 g/mol. The Morgan fingerprint density at radius 1 is 1.15 bits per heavy atom.